The molecule has 0 radical (unpaired) electrons. The van der Waals surface area contributed by atoms with Crippen LogP contribution in [0.2, 0.25) is 0 Å². The van der Waals surface area contributed by atoms with E-state index in [-0.39, 0.29) is 31.1 Å². The number of rotatable bonds is 13. The first kappa shape index (κ1) is 28.6. The van der Waals surface area contributed by atoms with E-state index in [1.54, 1.807) is 12.4 Å². The van der Waals surface area contributed by atoms with E-state index < -0.39 is 27.1 Å². The predicted molar refractivity (Wildman–Crippen MR) is 132 cm³/mol. The van der Waals surface area contributed by atoms with E-state index >= 15 is 0 Å². The largest absolute Gasteiger partial charge is 0.490 e. The molecule has 14 heteroatoms. The van der Waals surface area contributed by atoms with Gasteiger partial charge in [-0.05, 0) is 50.6 Å². The number of hydrogen-bond acceptors (Lipinski definition) is 9. The fourth-order valence-corrected chi connectivity index (χ4v) is 6.72. The summed E-state index contributed by atoms with van der Waals surface area (Å²) in [5.41, 5.74) is 1.53. The van der Waals surface area contributed by atoms with Crippen LogP contribution >= 0.6 is 26.8 Å². The highest BCUT2D eigenvalue weighted by molar-refractivity contribution is 7.54. The highest BCUT2D eigenvalue weighted by Gasteiger charge is 2.40. The van der Waals surface area contributed by atoms with Crippen molar-refractivity contribution in [3.8, 4) is 16.3 Å². The second-order valence-corrected chi connectivity index (χ2v) is 11.8. The summed E-state index contributed by atoms with van der Waals surface area (Å²) >= 11 is 1.54. The molecule has 0 saturated heterocycles. The number of nitrogens with zero attached hydrogens (tertiary/aromatic N) is 2. The third kappa shape index (κ3) is 7.50. The van der Waals surface area contributed by atoms with Gasteiger partial charge in [-0.3, -0.25) is 23.1 Å². The van der Waals surface area contributed by atoms with Crippen molar-refractivity contribution in [3.05, 3.63) is 64.7 Å². The van der Waals surface area contributed by atoms with Gasteiger partial charge in [-0.1, -0.05) is 6.07 Å². The summed E-state index contributed by atoms with van der Waals surface area (Å²) in [4.78, 5) is 29.2. The first-order valence-corrected chi connectivity index (χ1v) is 14.9. The summed E-state index contributed by atoms with van der Waals surface area (Å²) in [6.07, 6.45) is 3.81. The number of ether oxygens (including phenoxy) is 1. The lowest BCUT2D eigenvalue weighted by Crippen LogP contribution is -2.09. The van der Waals surface area contributed by atoms with Gasteiger partial charge in [0.05, 0.1) is 25.5 Å². The summed E-state index contributed by atoms with van der Waals surface area (Å²) in [5, 5.41) is 0.848. The predicted octanol–water partition coefficient (Wildman–Crippen LogP) is 5.65. The van der Waals surface area contributed by atoms with Crippen molar-refractivity contribution < 1.29 is 41.6 Å². The van der Waals surface area contributed by atoms with Crippen molar-refractivity contribution in [2.24, 2.45) is 0 Å². The maximum Gasteiger partial charge on any atom is 0.475 e. The summed E-state index contributed by atoms with van der Waals surface area (Å²) in [6.45, 7) is 4.92. The van der Waals surface area contributed by atoms with Gasteiger partial charge in [0.25, 0.3) is 0 Å². The van der Waals surface area contributed by atoms with E-state index in [1.165, 1.54) is 37.3 Å². The van der Waals surface area contributed by atoms with Crippen molar-refractivity contribution in [3.63, 3.8) is 0 Å². The van der Waals surface area contributed by atoms with Gasteiger partial charge in [-0.15, -0.1) is 11.3 Å². The van der Waals surface area contributed by atoms with E-state index in [1.807, 2.05) is 19.1 Å². The fourth-order valence-electron chi connectivity index (χ4n) is 3.18. The Hall–Kier alpha value is -2.01. The number of benzene rings is 1. The molecule has 1 aromatic carbocycles. The zero-order chi connectivity index (χ0) is 26.3. The second kappa shape index (κ2) is 12.5. The van der Waals surface area contributed by atoms with Crippen molar-refractivity contribution in [2.45, 2.75) is 33.0 Å². The van der Waals surface area contributed by atoms with Gasteiger partial charge in [0.1, 0.15) is 5.01 Å². The summed E-state index contributed by atoms with van der Waals surface area (Å²) in [5.74, 6) is -3.05. The lowest BCUT2D eigenvalue weighted by Gasteiger charge is -2.24. The molecule has 0 aliphatic rings. The SMILES string of the molecule is CCOP(=O)(OCC)OC(c1ccc(OCCc2nc(-c3ccncc3)sc2C)c(F)c1)P(=O)(O)O. The number of pyridine rings is 1. The van der Waals surface area contributed by atoms with Gasteiger partial charge in [0, 0.05) is 29.3 Å². The van der Waals surface area contributed by atoms with Gasteiger partial charge in [0.15, 0.2) is 17.4 Å². The molecule has 1 atom stereocenters. The molecule has 2 N–H and O–H groups in total. The van der Waals surface area contributed by atoms with Gasteiger partial charge < -0.3 is 14.5 Å². The molecule has 0 bridgehead atoms. The Morgan fingerprint density at radius 2 is 1.75 bits per heavy atom. The third-order valence-electron chi connectivity index (χ3n) is 4.77. The number of phosphoric acid groups is 1. The Labute approximate surface area is 212 Å². The molecule has 0 aliphatic carbocycles. The van der Waals surface area contributed by atoms with Crippen LogP contribution in [0.3, 0.4) is 0 Å². The first-order valence-electron chi connectivity index (χ1n) is 11.0. The van der Waals surface area contributed by atoms with Crippen LogP contribution in [0.1, 0.15) is 35.8 Å². The number of aryl methyl sites for hydroxylation is 1. The molecular weight excluding hydrogens is 533 g/mol. The van der Waals surface area contributed by atoms with E-state index in [9.17, 15) is 23.3 Å². The van der Waals surface area contributed by atoms with Crippen molar-refractivity contribution in [1.29, 1.82) is 0 Å². The maximum absolute atomic E-state index is 14.8. The van der Waals surface area contributed by atoms with Crippen LogP contribution in [-0.4, -0.2) is 39.6 Å². The molecule has 0 fully saturated rings. The van der Waals surface area contributed by atoms with Crippen molar-refractivity contribution in [2.75, 3.05) is 19.8 Å². The van der Waals surface area contributed by atoms with Gasteiger partial charge >= 0.3 is 15.4 Å². The summed E-state index contributed by atoms with van der Waals surface area (Å²) < 4.78 is 60.0. The number of thiazole rings is 1. The summed E-state index contributed by atoms with van der Waals surface area (Å²) in [6, 6.07) is 7.04. The topological polar surface area (TPSA) is 137 Å². The van der Waals surface area contributed by atoms with Gasteiger partial charge in [-0.2, -0.15) is 0 Å². The van der Waals surface area contributed by atoms with Crippen molar-refractivity contribution in [1.82, 2.24) is 9.97 Å². The van der Waals surface area contributed by atoms with Crippen molar-refractivity contribution >= 4 is 26.8 Å². The Kier molecular flexibility index (Phi) is 9.91. The molecule has 0 spiro atoms. The molecular formula is C22H27FN2O8P2S. The van der Waals surface area contributed by atoms with E-state index in [4.69, 9.17) is 18.3 Å². The minimum atomic E-state index is -5.04. The Balaban J connectivity index is 1.71. The molecule has 10 nitrogen and oxygen atoms in total. The monoisotopic (exact) mass is 560 g/mol. The van der Waals surface area contributed by atoms with E-state index in [2.05, 4.69) is 9.97 Å². The minimum Gasteiger partial charge on any atom is -0.490 e. The molecule has 3 rings (SSSR count). The van der Waals surface area contributed by atoms with E-state index in [0.717, 1.165) is 27.2 Å². The normalized spacial score (nSPS) is 13.1. The minimum absolute atomic E-state index is 0.0885. The lowest BCUT2D eigenvalue weighted by molar-refractivity contribution is 0.0996. The summed E-state index contributed by atoms with van der Waals surface area (Å²) in [7, 11) is -9.34. The average molecular weight is 560 g/mol. The third-order valence-corrected chi connectivity index (χ3v) is 8.63. The van der Waals surface area contributed by atoms with Crippen LogP contribution in [-0.2, 0) is 29.1 Å². The Morgan fingerprint density at radius 1 is 1.08 bits per heavy atom. The lowest BCUT2D eigenvalue weighted by atomic mass is 10.2. The molecule has 1 unspecified atom stereocenters. The Bertz CT molecular complexity index is 1240. The van der Waals surface area contributed by atoms with E-state index in [0.29, 0.717) is 6.42 Å². The van der Waals surface area contributed by atoms with Crippen LogP contribution in [0.15, 0.2) is 42.7 Å². The molecule has 2 heterocycles. The molecule has 0 aliphatic heterocycles. The quantitative estimate of drug-likeness (QED) is 0.252. The van der Waals surface area contributed by atoms with Crippen LogP contribution in [0.5, 0.6) is 5.75 Å². The first-order chi connectivity index (χ1) is 17.1. The molecule has 36 heavy (non-hydrogen) atoms. The van der Waals surface area contributed by atoms with Crippen LogP contribution < -0.4 is 4.74 Å². The van der Waals surface area contributed by atoms with Crippen LogP contribution in [0, 0.1) is 12.7 Å². The smallest absolute Gasteiger partial charge is 0.475 e. The van der Waals surface area contributed by atoms with Gasteiger partial charge in [-0.25, -0.2) is 13.9 Å². The second-order valence-electron chi connectivity index (χ2n) is 7.38. The Morgan fingerprint density at radius 3 is 2.33 bits per heavy atom. The fraction of sp³-hybridized carbons (Fsp3) is 0.364. The zero-order valence-electron chi connectivity index (χ0n) is 19.9. The highest BCUT2D eigenvalue weighted by atomic mass is 32.1. The average Bonchev–Trinajstić information content (AvgIpc) is 3.19. The molecule has 3 aromatic rings. The highest BCUT2D eigenvalue weighted by Crippen LogP contribution is 2.62. The molecule has 0 amide bonds. The number of aromatic nitrogens is 2. The number of hydrogen-bond donors (Lipinski definition) is 2. The van der Waals surface area contributed by atoms with Crippen LogP contribution in [0.25, 0.3) is 10.6 Å². The maximum atomic E-state index is 14.8. The number of phosphoric ester groups is 1. The number of halogens is 1. The van der Waals surface area contributed by atoms with Gasteiger partial charge in [0.2, 0.25) is 0 Å². The zero-order valence-corrected chi connectivity index (χ0v) is 22.5. The molecule has 196 valence electrons. The standard InChI is InChI=1S/C22H27FN2O8P2S/c1-4-31-35(29,32-5-2)33-22(34(26,27)28)17-6-7-20(18(23)14-17)30-13-10-19-15(3)36-21(25-19)16-8-11-24-12-9-16/h6-9,11-12,14,22H,4-5,10,13H2,1-3H3,(H2,26,27,28). The molecule has 2 aromatic heterocycles. The molecule has 0 saturated carbocycles. The van der Waals surface area contributed by atoms with Crippen LogP contribution in [0.4, 0.5) is 4.39 Å².